The van der Waals surface area contributed by atoms with E-state index >= 15 is 0 Å². The highest BCUT2D eigenvalue weighted by Crippen LogP contribution is 2.36. The van der Waals surface area contributed by atoms with E-state index in [-0.39, 0.29) is 35.0 Å². The van der Waals surface area contributed by atoms with Gasteiger partial charge in [0, 0.05) is 21.7 Å². The van der Waals surface area contributed by atoms with Crippen LogP contribution in [0.1, 0.15) is 40.0 Å². The summed E-state index contributed by atoms with van der Waals surface area (Å²) in [6.07, 6.45) is 2.76. The van der Waals surface area contributed by atoms with Crippen molar-refractivity contribution in [1.82, 2.24) is 19.3 Å². The number of ether oxygens (including phenoxy) is 2. The van der Waals surface area contributed by atoms with Crippen LogP contribution >= 0.6 is 15.9 Å². The molecule has 0 aromatic carbocycles. The Labute approximate surface area is 228 Å². The molecule has 37 heavy (non-hydrogen) atoms. The third-order valence-corrected chi connectivity index (χ3v) is 9.53. The summed E-state index contributed by atoms with van der Waals surface area (Å²) in [5, 5.41) is 4.98. The lowest BCUT2D eigenvalue weighted by Crippen LogP contribution is -2.70. The molecule has 0 N–H and O–H groups in total. The molecule has 2 unspecified atom stereocenters. The van der Waals surface area contributed by atoms with Crippen LogP contribution in [0.15, 0.2) is 9.40 Å². The quantitative estimate of drug-likeness (QED) is 0.278. The first-order valence-corrected chi connectivity index (χ1v) is 17.7. The van der Waals surface area contributed by atoms with Gasteiger partial charge in [0.05, 0.1) is 19.1 Å². The Hall–Kier alpha value is -1.76. The Balaban J connectivity index is 1.66. The van der Waals surface area contributed by atoms with Crippen LogP contribution in [0.3, 0.4) is 0 Å². The van der Waals surface area contributed by atoms with Gasteiger partial charge in [0.15, 0.2) is 5.65 Å². The summed E-state index contributed by atoms with van der Waals surface area (Å²) in [5.74, 6) is 0.624. The number of aromatic nitrogens is 4. The highest BCUT2D eigenvalue weighted by atomic mass is 79.9. The molecule has 206 valence electrons. The van der Waals surface area contributed by atoms with Gasteiger partial charge < -0.3 is 14.4 Å². The largest absolute Gasteiger partial charge is 0.516 e. The fourth-order valence-electron chi connectivity index (χ4n) is 5.38. The molecule has 2 aliphatic heterocycles. The van der Waals surface area contributed by atoms with E-state index in [2.05, 4.69) is 45.6 Å². The van der Waals surface area contributed by atoms with Crippen LogP contribution < -0.4 is 10.5 Å². The van der Waals surface area contributed by atoms with Crippen molar-refractivity contribution in [3.63, 3.8) is 0 Å². The number of likely N-dealkylation sites (tertiary alicyclic amines) is 1. The molecule has 4 heterocycles. The zero-order valence-electron chi connectivity index (χ0n) is 23.5. The molecule has 4 rings (SSSR count). The molecule has 2 bridgehead atoms. The zero-order chi connectivity index (χ0) is 27.3. The predicted octanol–water partition coefficient (Wildman–Crippen LogP) is 4.33. The fraction of sp³-hybridized carbons (Fsp3) is 0.760. The maximum absolute atomic E-state index is 13.5. The average molecular weight is 599 g/mol. The standard InChI is InChI=1S/C25H42BrN6O4Si/c1-25(2,3)36-24(34)32(5)14-17-10-9-11-18(15-32)31(17)23-27-21-19(22(33)29(23)4)20(26)28-30(21)16-35-12-13-37(6,7)8/h17-18H,9-16H2,1-8H3/q+1. The van der Waals surface area contributed by atoms with Gasteiger partial charge in [-0.1, -0.05) is 19.6 Å². The smallest absolute Gasteiger partial charge is 0.414 e. The summed E-state index contributed by atoms with van der Waals surface area (Å²) < 4.78 is 15.7. The number of carbonyl (C=O) groups excluding carboxylic acids is 1. The highest BCUT2D eigenvalue weighted by molar-refractivity contribution is 9.10. The van der Waals surface area contributed by atoms with E-state index in [1.54, 1.807) is 16.3 Å². The Morgan fingerprint density at radius 1 is 1.19 bits per heavy atom. The van der Waals surface area contributed by atoms with Crippen LogP contribution in [0.2, 0.25) is 25.7 Å². The maximum atomic E-state index is 13.5. The Bertz CT molecular complexity index is 1220. The zero-order valence-corrected chi connectivity index (χ0v) is 26.1. The van der Waals surface area contributed by atoms with Gasteiger partial charge in [-0.2, -0.15) is 14.9 Å². The number of nitrogens with zero attached hydrogens (tertiary/aromatic N) is 6. The molecule has 0 spiro atoms. The van der Waals surface area contributed by atoms with Gasteiger partial charge in [0.1, 0.15) is 35.4 Å². The van der Waals surface area contributed by atoms with Crippen molar-refractivity contribution in [3.05, 3.63) is 15.0 Å². The normalized spacial score (nSPS) is 24.5. The lowest BCUT2D eigenvalue weighted by Gasteiger charge is -2.52. The van der Waals surface area contributed by atoms with Crippen LogP contribution in [-0.2, 0) is 23.3 Å². The van der Waals surface area contributed by atoms with Crippen LogP contribution in [0, 0.1) is 0 Å². The number of halogens is 1. The second-order valence-corrected chi connectivity index (χ2v) is 19.4. The number of hydrogen-bond acceptors (Lipinski definition) is 7. The summed E-state index contributed by atoms with van der Waals surface area (Å²) in [7, 11) is 2.52. The number of piperidine rings is 1. The third kappa shape index (κ3) is 5.96. The van der Waals surface area contributed by atoms with E-state index in [0.717, 1.165) is 25.3 Å². The molecular formula is C25H42BrN6O4Si+. The van der Waals surface area contributed by atoms with Gasteiger partial charge >= 0.3 is 6.09 Å². The van der Waals surface area contributed by atoms with Crippen molar-refractivity contribution >= 4 is 47.1 Å². The maximum Gasteiger partial charge on any atom is 0.516 e. The monoisotopic (exact) mass is 597 g/mol. The van der Waals surface area contributed by atoms with Crippen LogP contribution in [0.4, 0.5) is 10.7 Å². The molecule has 0 saturated carbocycles. The molecule has 2 aromatic heterocycles. The van der Waals surface area contributed by atoms with Crippen LogP contribution in [0.25, 0.3) is 11.0 Å². The predicted molar refractivity (Wildman–Crippen MR) is 151 cm³/mol. The van der Waals surface area contributed by atoms with Crippen molar-refractivity contribution in [1.29, 1.82) is 0 Å². The SMILES string of the molecule is Cn1c(N2C3CCCC2C[N+](C)(C(=O)OC(C)(C)C)C3)nc2c(c(Br)nn2COCC[Si](C)(C)C)c1=O. The minimum atomic E-state index is -1.21. The number of rotatable bonds is 6. The minimum absolute atomic E-state index is 0.0772. The number of piperazine rings is 1. The second-order valence-electron chi connectivity index (χ2n) is 13.0. The summed E-state index contributed by atoms with van der Waals surface area (Å²) in [6.45, 7) is 14.8. The molecule has 0 radical (unpaired) electrons. The first-order chi connectivity index (χ1) is 17.1. The average Bonchev–Trinajstić information content (AvgIpc) is 3.07. The summed E-state index contributed by atoms with van der Waals surface area (Å²) >= 11 is 3.47. The topological polar surface area (TPSA) is 91.5 Å². The first kappa shape index (κ1) is 28.3. The lowest BCUT2D eigenvalue weighted by atomic mass is 9.90. The fourth-order valence-corrected chi connectivity index (χ4v) is 6.67. The highest BCUT2D eigenvalue weighted by Gasteiger charge is 2.51. The summed E-state index contributed by atoms with van der Waals surface area (Å²) in [6, 6.07) is 1.21. The van der Waals surface area contributed by atoms with Gasteiger partial charge in [-0.05, 0) is 62.0 Å². The molecule has 2 atom stereocenters. The van der Waals surface area contributed by atoms with Gasteiger partial charge in [-0.3, -0.25) is 9.36 Å². The van der Waals surface area contributed by atoms with Gasteiger partial charge in [-0.25, -0.2) is 9.16 Å². The minimum Gasteiger partial charge on any atom is -0.414 e. The van der Waals surface area contributed by atoms with E-state index < -0.39 is 13.7 Å². The summed E-state index contributed by atoms with van der Waals surface area (Å²) in [5.41, 5.74) is -0.163. The van der Waals surface area contributed by atoms with Crippen molar-refractivity contribution in [2.45, 2.75) is 90.1 Å². The molecule has 12 heteroatoms. The number of carbonyl (C=O) groups is 1. The first-order valence-electron chi connectivity index (χ1n) is 13.2. The van der Waals surface area contributed by atoms with Crippen LogP contribution in [-0.4, -0.2) is 82.4 Å². The van der Waals surface area contributed by atoms with Crippen molar-refractivity contribution in [3.8, 4) is 0 Å². The third-order valence-electron chi connectivity index (χ3n) is 7.27. The van der Waals surface area contributed by atoms with Crippen molar-refractivity contribution < 1.29 is 18.8 Å². The number of anilines is 1. The van der Waals surface area contributed by atoms with E-state index in [9.17, 15) is 9.59 Å². The Morgan fingerprint density at radius 2 is 1.81 bits per heavy atom. The number of quaternary nitrogens is 1. The van der Waals surface area contributed by atoms with Crippen LogP contribution in [0.5, 0.6) is 0 Å². The van der Waals surface area contributed by atoms with E-state index in [4.69, 9.17) is 14.5 Å². The van der Waals surface area contributed by atoms with E-state index in [1.807, 2.05) is 27.8 Å². The molecule has 2 fully saturated rings. The summed E-state index contributed by atoms with van der Waals surface area (Å²) in [4.78, 5) is 33.9. The van der Waals surface area contributed by atoms with E-state index in [1.165, 1.54) is 0 Å². The van der Waals surface area contributed by atoms with Gasteiger partial charge in [0.2, 0.25) is 5.95 Å². The number of hydrogen-bond donors (Lipinski definition) is 0. The molecule has 2 aliphatic rings. The second kappa shape index (κ2) is 10.1. The number of fused-ring (bicyclic) bond motifs is 3. The Kier molecular flexibility index (Phi) is 7.70. The van der Waals surface area contributed by atoms with Gasteiger partial charge in [0.25, 0.3) is 5.56 Å². The molecular weight excluding hydrogens is 556 g/mol. The van der Waals surface area contributed by atoms with E-state index in [0.29, 0.717) is 41.3 Å². The molecule has 1 amide bonds. The van der Waals surface area contributed by atoms with Crippen molar-refractivity contribution in [2.75, 3.05) is 31.6 Å². The number of likely N-dealkylation sites (N-methyl/N-ethyl adjacent to an activating group) is 1. The molecule has 10 nitrogen and oxygen atoms in total. The molecule has 0 aliphatic carbocycles. The molecule has 2 aromatic rings. The van der Waals surface area contributed by atoms with Gasteiger partial charge in [-0.15, -0.1) is 0 Å². The van der Waals surface area contributed by atoms with Crippen molar-refractivity contribution in [2.24, 2.45) is 7.05 Å². The molecule has 2 saturated heterocycles. The Morgan fingerprint density at radius 3 is 2.38 bits per heavy atom. The lowest BCUT2D eigenvalue weighted by molar-refractivity contribution is -0.846. The number of amides is 1.